The fourth-order valence-corrected chi connectivity index (χ4v) is 3.68. The first-order valence-electron chi connectivity index (χ1n) is 10.4. The van der Waals surface area contributed by atoms with Crippen LogP contribution >= 0.6 is 0 Å². The van der Waals surface area contributed by atoms with E-state index in [4.69, 9.17) is 9.47 Å². The number of esters is 1. The molecular formula is C23H31N3O4+2. The maximum atomic E-state index is 12.4. The van der Waals surface area contributed by atoms with E-state index in [1.54, 1.807) is 43.2 Å². The van der Waals surface area contributed by atoms with Gasteiger partial charge in [0.1, 0.15) is 38.5 Å². The molecule has 1 aliphatic rings. The highest BCUT2D eigenvalue weighted by Gasteiger charge is 2.25. The summed E-state index contributed by atoms with van der Waals surface area (Å²) in [5.41, 5.74) is 2.48. The molecule has 1 amide bonds. The topological polar surface area (TPSA) is 73.5 Å². The number of ether oxygens (including phenoxy) is 2. The molecule has 1 fully saturated rings. The normalized spacial score (nSPS) is 18.5. The summed E-state index contributed by atoms with van der Waals surface area (Å²) >= 11 is 0. The van der Waals surface area contributed by atoms with Crippen molar-refractivity contribution < 1.29 is 28.9 Å². The highest BCUT2D eigenvalue weighted by Crippen LogP contribution is 2.11. The number of rotatable bonds is 8. The van der Waals surface area contributed by atoms with Crippen molar-refractivity contribution in [3.05, 3.63) is 59.7 Å². The Balaban J connectivity index is 1.41. The van der Waals surface area contributed by atoms with Gasteiger partial charge in [0.2, 0.25) is 0 Å². The number of carbonyl (C=O) groups excluding carboxylic acids is 2. The van der Waals surface area contributed by atoms with Gasteiger partial charge in [-0.15, -0.1) is 0 Å². The summed E-state index contributed by atoms with van der Waals surface area (Å²) in [6.45, 7) is 7.60. The number of nitrogens with one attached hydrogen (secondary N) is 3. The summed E-state index contributed by atoms with van der Waals surface area (Å²) in [7, 11) is 1.68. The highest BCUT2D eigenvalue weighted by atomic mass is 16.5. The van der Waals surface area contributed by atoms with Gasteiger partial charge in [0.15, 0.2) is 6.54 Å². The molecule has 0 atom stereocenters. The maximum Gasteiger partial charge on any atom is 0.338 e. The molecule has 0 aromatic heterocycles. The number of quaternary nitrogens is 2. The van der Waals surface area contributed by atoms with E-state index in [2.05, 4.69) is 17.4 Å². The molecule has 2 aromatic carbocycles. The molecular weight excluding hydrogens is 382 g/mol. The minimum absolute atomic E-state index is 0.00695. The molecule has 0 spiro atoms. The van der Waals surface area contributed by atoms with Gasteiger partial charge in [-0.1, -0.05) is 0 Å². The lowest BCUT2D eigenvalue weighted by Crippen LogP contribution is -3.28. The van der Waals surface area contributed by atoms with Gasteiger partial charge < -0.3 is 24.6 Å². The van der Waals surface area contributed by atoms with Crippen LogP contribution in [0.2, 0.25) is 0 Å². The number of methoxy groups -OCH3 is 1. The van der Waals surface area contributed by atoms with Crippen LogP contribution in [0.1, 0.15) is 22.8 Å². The summed E-state index contributed by atoms with van der Waals surface area (Å²) in [6, 6.07) is 15.0. The average molecular weight is 414 g/mol. The van der Waals surface area contributed by atoms with Crippen molar-refractivity contribution in [1.82, 2.24) is 0 Å². The number of hydrogen-bond acceptors (Lipinski definition) is 4. The Kier molecular flexibility index (Phi) is 7.82. The van der Waals surface area contributed by atoms with Crippen molar-refractivity contribution in [2.24, 2.45) is 0 Å². The maximum absolute atomic E-state index is 12.4. The standard InChI is InChI=1S/C23H29N3O4/c1-3-30-23(28)19-6-8-20(9-7-19)24-22(27)17-26-14-12-25(13-15-26)16-18-4-10-21(29-2)11-5-18/h4-11H,3,12-17H2,1-2H3,(H,24,27)/p+2. The number of anilines is 1. The minimum Gasteiger partial charge on any atom is -0.497 e. The molecule has 1 saturated heterocycles. The molecule has 3 rings (SSSR count). The van der Waals surface area contributed by atoms with Crippen LogP contribution in [0.15, 0.2) is 48.5 Å². The second-order valence-electron chi connectivity index (χ2n) is 7.55. The van der Waals surface area contributed by atoms with Crippen molar-refractivity contribution in [3.8, 4) is 5.75 Å². The third kappa shape index (κ3) is 6.30. The Morgan fingerprint density at radius 1 is 0.933 bits per heavy atom. The fraction of sp³-hybridized carbons (Fsp3) is 0.391. The third-order valence-electron chi connectivity index (χ3n) is 5.37. The fourth-order valence-electron chi connectivity index (χ4n) is 3.68. The van der Waals surface area contributed by atoms with Crippen LogP contribution in [-0.4, -0.2) is 58.3 Å². The van der Waals surface area contributed by atoms with Gasteiger partial charge in [-0.05, 0) is 55.5 Å². The Bertz CT molecular complexity index is 829. The zero-order chi connectivity index (χ0) is 21.3. The van der Waals surface area contributed by atoms with Crippen LogP contribution < -0.4 is 19.9 Å². The molecule has 7 heteroatoms. The van der Waals surface area contributed by atoms with Gasteiger partial charge in [0.05, 0.1) is 19.3 Å². The molecule has 30 heavy (non-hydrogen) atoms. The van der Waals surface area contributed by atoms with E-state index in [-0.39, 0.29) is 11.9 Å². The van der Waals surface area contributed by atoms with Crippen LogP contribution in [0.5, 0.6) is 5.75 Å². The quantitative estimate of drug-likeness (QED) is 0.524. The highest BCUT2D eigenvalue weighted by molar-refractivity contribution is 5.93. The Labute approximate surface area is 177 Å². The van der Waals surface area contributed by atoms with E-state index in [9.17, 15) is 9.59 Å². The van der Waals surface area contributed by atoms with Gasteiger partial charge in [-0.2, -0.15) is 0 Å². The first-order valence-corrected chi connectivity index (χ1v) is 10.4. The molecule has 1 aliphatic heterocycles. The monoisotopic (exact) mass is 413 g/mol. The van der Waals surface area contributed by atoms with Crippen LogP contribution in [0, 0.1) is 0 Å². The van der Waals surface area contributed by atoms with Gasteiger partial charge >= 0.3 is 5.97 Å². The van der Waals surface area contributed by atoms with Crippen LogP contribution in [0.25, 0.3) is 0 Å². The molecule has 2 aromatic rings. The second-order valence-corrected chi connectivity index (χ2v) is 7.55. The zero-order valence-corrected chi connectivity index (χ0v) is 17.7. The molecule has 0 radical (unpaired) electrons. The number of benzene rings is 2. The second kappa shape index (κ2) is 10.8. The number of carbonyl (C=O) groups is 2. The van der Waals surface area contributed by atoms with Gasteiger partial charge in [-0.25, -0.2) is 4.79 Å². The van der Waals surface area contributed by atoms with Crippen LogP contribution in [0.4, 0.5) is 5.69 Å². The largest absolute Gasteiger partial charge is 0.497 e. The SMILES string of the molecule is CCOC(=O)c1ccc(NC(=O)C[NH+]2CC[NH+](Cc3ccc(OC)cc3)CC2)cc1. The summed E-state index contributed by atoms with van der Waals surface area (Å²) in [5.74, 6) is 0.520. The molecule has 7 nitrogen and oxygen atoms in total. The van der Waals surface area contributed by atoms with Gasteiger partial charge in [0.25, 0.3) is 5.91 Å². The van der Waals surface area contributed by atoms with E-state index in [0.717, 1.165) is 38.5 Å². The summed E-state index contributed by atoms with van der Waals surface area (Å²) < 4.78 is 10.2. The van der Waals surface area contributed by atoms with E-state index in [1.807, 2.05) is 12.1 Å². The minimum atomic E-state index is -0.352. The molecule has 0 aliphatic carbocycles. The predicted molar refractivity (Wildman–Crippen MR) is 114 cm³/mol. The third-order valence-corrected chi connectivity index (χ3v) is 5.37. The summed E-state index contributed by atoms with van der Waals surface area (Å²) in [5, 5.41) is 2.92. The first-order chi connectivity index (χ1) is 14.6. The van der Waals surface area contributed by atoms with E-state index in [0.29, 0.717) is 24.4 Å². The Hall–Kier alpha value is -2.90. The lowest BCUT2D eigenvalue weighted by molar-refractivity contribution is -1.02. The van der Waals surface area contributed by atoms with E-state index < -0.39 is 0 Å². The lowest BCUT2D eigenvalue weighted by atomic mass is 10.2. The smallest absolute Gasteiger partial charge is 0.338 e. The molecule has 0 saturated carbocycles. The predicted octanol–water partition coefficient (Wildman–Crippen LogP) is -0.206. The van der Waals surface area contributed by atoms with Crippen LogP contribution in [0.3, 0.4) is 0 Å². The number of piperazine rings is 1. The first kappa shape index (κ1) is 21.8. The Morgan fingerprint density at radius 3 is 2.17 bits per heavy atom. The van der Waals surface area contributed by atoms with E-state index >= 15 is 0 Å². The summed E-state index contributed by atoms with van der Waals surface area (Å²) in [6.07, 6.45) is 0. The van der Waals surface area contributed by atoms with Crippen molar-refractivity contribution in [2.45, 2.75) is 13.5 Å². The average Bonchev–Trinajstić information content (AvgIpc) is 2.76. The van der Waals surface area contributed by atoms with Crippen molar-refractivity contribution in [1.29, 1.82) is 0 Å². The van der Waals surface area contributed by atoms with Crippen molar-refractivity contribution in [2.75, 3.05) is 51.8 Å². The van der Waals surface area contributed by atoms with Crippen LogP contribution in [-0.2, 0) is 16.1 Å². The number of hydrogen-bond donors (Lipinski definition) is 3. The van der Waals surface area contributed by atoms with E-state index in [1.165, 1.54) is 10.5 Å². The summed E-state index contributed by atoms with van der Waals surface area (Å²) in [4.78, 5) is 26.9. The van der Waals surface area contributed by atoms with Gasteiger partial charge in [0, 0.05) is 11.3 Å². The molecule has 0 bridgehead atoms. The molecule has 1 heterocycles. The molecule has 160 valence electrons. The molecule has 3 N–H and O–H groups in total. The lowest BCUT2D eigenvalue weighted by Gasteiger charge is -2.29. The molecule has 0 unspecified atom stereocenters. The zero-order valence-electron chi connectivity index (χ0n) is 17.7. The Morgan fingerprint density at radius 2 is 1.57 bits per heavy atom. The van der Waals surface area contributed by atoms with Gasteiger partial charge in [-0.3, -0.25) is 4.79 Å². The van der Waals surface area contributed by atoms with Crippen molar-refractivity contribution in [3.63, 3.8) is 0 Å². The van der Waals surface area contributed by atoms with Crippen molar-refractivity contribution >= 4 is 17.6 Å². The number of amides is 1.